The Morgan fingerprint density at radius 1 is 1.33 bits per heavy atom. The van der Waals surface area contributed by atoms with Gasteiger partial charge in [0.05, 0.1) is 6.61 Å². The fraction of sp³-hybridized carbons (Fsp3) is 1.00. The highest BCUT2D eigenvalue weighted by Gasteiger charge is 2.36. The SMILES string of the molecule is NCC1(CN2CCCCC2CCO)CCCOC1. The average Bonchev–Trinajstić information content (AvgIpc) is 2.42. The number of ether oxygens (including phenoxy) is 1. The number of aliphatic hydroxyl groups is 1. The summed E-state index contributed by atoms with van der Waals surface area (Å²) in [6.07, 6.45) is 7.03. The highest BCUT2D eigenvalue weighted by atomic mass is 16.5. The molecule has 2 heterocycles. The van der Waals surface area contributed by atoms with Gasteiger partial charge in [-0.1, -0.05) is 6.42 Å². The lowest BCUT2D eigenvalue weighted by molar-refractivity contribution is -0.0354. The van der Waals surface area contributed by atoms with Gasteiger partial charge in [0.25, 0.3) is 0 Å². The van der Waals surface area contributed by atoms with E-state index in [0.717, 1.165) is 45.7 Å². The molecule has 0 radical (unpaired) electrons. The summed E-state index contributed by atoms with van der Waals surface area (Å²) >= 11 is 0. The first-order valence-corrected chi connectivity index (χ1v) is 7.42. The van der Waals surface area contributed by atoms with E-state index < -0.39 is 0 Å². The van der Waals surface area contributed by atoms with E-state index in [9.17, 15) is 5.11 Å². The third-order valence-electron chi connectivity index (χ3n) is 4.59. The lowest BCUT2D eigenvalue weighted by Crippen LogP contribution is -2.52. The summed E-state index contributed by atoms with van der Waals surface area (Å²) in [7, 11) is 0. The van der Waals surface area contributed by atoms with Crippen molar-refractivity contribution in [3.63, 3.8) is 0 Å². The zero-order valence-corrected chi connectivity index (χ0v) is 11.4. The molecule has 18 heavy (non-hydrogen) atoms. The number of aliphatic hydroxyl groups excluding tert-OH is 1. The number of hydrogen-bond donors (Lipinski definition) is 2. The van der Waals surface area contributed by atoms with Crippen molar-refractivity contribution in [3.05, 3.63) is 0 Å². The van der Waals surface area contributed by atoms with Crippen molar-refractivity contribution in [1.29, 1.82) is 0 Å². The van der Waals surface area contributed by atoms with Crippen LogP contribution in [0.4, 0.5) is 0 Å². The van der Waals surface area contributed by atoms with Crippen LogP contribution >= 0.6 is 0 Å². The first kappa shape index (κ1) is 14.3. The maximum atomic E-state index is 9.19. The largest absolute Gasteiger partial charge is 0.396 e. The fourth-order valence-corrected chi connectivity index (χ4v) is 3.44. The number of likely N-dealkylation sites (tertiary alicyclic amines) is 1. The van der Waals surface area contributed by atoms with Crippen molar-refractivity contribution in [2.45, 2.75) is 44.6 Å². The van der Waals surface area contributed by atoms with Crippen LogP contribution in [0.3, 0.4) is 0 Å². The van der Waals surface area contributed by atoms with Gasteiger partial charge in [0.1, 0.15) is 0 Å². The van der Waals surface area contributed by atoms with Crippen molar-refractivity contribution in [1.82, 2.24) is 4.90 Å². The number of hydrogen-bond acceptors (Lipinski definition) is 4. The highest BCUT2D eigenvalue weighted by molar-refractivity contribution is 4.89. The van der Waals surface area contributed by atoms with E-state index in [-0.39, 0.29) is 5.41 Å². The Hall–Kier alpha value is -0.160. The molecule has 0 aromatic rings. The molecule has 106 valence electrons. The second kappa shape index (κ2) is 6.85. The molecule has 2 aliphatic heterocycles. The second-order valence-corrected chi connectivity index (χ2v) is 5.99. The van der Waals surface area contributed by atoms with E-state index in [4.69, 9.17) is 10.5 Å². The number of rotatable bonds is 5. The summed E-state index contributed by atoms with van der Waals surface area (Å²) in [6.45, 7) is 4.93. The lowest BCUT2D eigenvalue weighted by Gasteiger charge is -2.44. The summed E-state index contributed by atoms with van der Waals surface area (Å²) in [5.74, 6) is 0. The Bertz CT molecular complexity index is 240. The molecule has 0 spiro atoms. The first-order chi connectivity index (χ1) is 8.79. The van der Waals surface area contributed by atoms with E-state index in [2.05, 4.69) is 4.90 Å². The molecule has 0 aliphatic carbocycles. The van der Waals surface area contributed by atoms with Crippen LogP contribution in [0.15, 0.2) is 0 Å². The number of nitrogens with zero attached hydrogens (tertiary/aromatic N) is 1. The van der Waals surface area contributed by atoms with Crippen LogP contribution in [0.1, 0.15) is 38.5 Å². The van der Waals surface area contributed by atoms with Crippen molar-refractivity contribution in [2.75, 3.05) is 39.5 Å². The quantitative estimate of drug-likeness (QED) is 0.770. The van der Waals surface area contributed by atoms with Gasteiger partial charge in [-0.3, -0.25) is 4.90 Å². The molecule has 2 saturated heterocycles. The third kappa shape index (κ3) is 3.44. The molecule has 2 unspecified atom stereocenters. The van der Waals surface area contributed by atoms with Crippen LogP contribution in [0.25, 0.3) is 0 Å². The number of piperidine rings is 1. The Kier molecular flexibility index (Phi) is 5.42. The van der Waals surface area contributed by atoms with Crippen LogP contribution in [0, 0.1) is 5.41 Å². The Morgan fingerprint density at radius 3 is 2.89 bits per heavy atom. The first-order valence-electron chi connectivity index (χ1n) is 7.42. The molecule has 0 saturated carbocycles. The molecule has 0 aromatic heterocycles. The molecular weight excluding hydrogens is 228 g/mol. The minimum absolute atomic E-state index is 0.156. The maximum Gasteiger partial charge on any atom is 0.0546 e. The predicted octanol–water partition coefficient (Wildman–Crippen LogP) is 0.979. The Labute approximate surface area is 110 Å². The molecule has 0 aromatic carbocycles. The molecule has 2 atom stereocenters. The van der Waals surface area contributed by atoms with E-state index in [1.165, 1.54) is 25.7 Å². The van der Waals surface area contributed by atoms with Gasteiger partial charge >= 0.3 is 0 Å². The van der Waals surface area contributed by atoms with Crippen molar-refractivity contribution < 1.29 is 9.84 Å². The van der Waals surface area contributed by atoms with Crippen LogP contribution in [0.2, 0.25) is 0 Å². The van der Waals surface area contributed by atoms with E-state index >= 15 is 0 Å². The van der Waals surface area contributed by atoms with Crippen molar-refractivity contribution in [3.8, 4) is 0 Å². The average molecular weight is 256 g/mol. The molecule has 3 N–H and O–H groups in total. The van der Waals surface area contributed by atoms with Gasteiger partial charge in [-0.05, 0) is 38.6 Å². The van der Waals surface area contributed by atoms with Gasteiger partial charge in [-0.25, -0.2) is 0 Å². The van der Waals surface area contributed by atoms with Crippen molar-refractivity contribution in [2.24, 2.45) is 11.1 Å². The minimum Gasteiger partial charge on any atom is -0.396 e. The third-order valence-corrected chi connectivity index (χ3v) is 4.59. The lowest BCUT2D eigenvalue weighted by atomic mass is 9.81. The molecular formula is C14H28N2O2. The monoisotopic (exact) mass is 256 g/mol. The summed E-state index contributed by atoms with van der Waals surface area (Å²) in [5.41, 5.74) is 6.17. The zero-order chi connectivity index (χ0) is 12.8. The standard InChI is InChI=1S/C14H28N2O2/c15-10-14(6-3-9-18-12-14)11-16-7-2-1-4-13(16)5-8-17/h13,17H,1-12,15H2. The van der Waals surface area contributed by atoms with Gasteiger partial charge in [0.2, 0.25) is 0 Å². The van der Waals surface area contributed by atoms with Crippen LogP contribution in [0.5, 0.6) is 0 Å². The van der Waals surface area contributed by atoms with Crippen LogP contribution < -0.4 is 5.73 Å². The van der Waals surface area contributed by atoms with Crippen LogP contribution in [-0.4, -0.2) is 55.5 Å². The molecule has 2 rings (SSSR count). The fourth-order valence-electron chi connectivity index (χ4n) is 3.44. The molecule has 2 aliphatic rings. The van der Waals surface area contributed by atoms with E-state index in [0.29, 0.717) is 12.6 Å². The molecule has 0 bridgehead atoms. The van der Waals surface area contributed by atoms with Gasteiger partial charge in [-0.15, -0.1) is 0 Å². The van der Waals surface area contributed by atoms with Gasteiger partial charge in [0, 0.05) is 37.8 Å². The van der Waals surface area contributed by atoms with E-state index in [1.807, 2.05) is 0 Å². The summed E-state index contributed by atoms with van der Waals surface area (Å²) in [4.78, 5) is 2.56. The molecule has 4 nitrogen and oxygen atoms in total. The highest BCUT2D eigenvalue weighted by Crippen LogP contribution is 2.31. The number of nitrogens with two attached hydrogens (primary N) is 1. The summed E-state index contributed by atoms with van der Waals surface area (Å²) in [5, 5.41) is 9.19. The van der Waals surface area contributed by atoms with Gasteiger partial charge < -0.3 is 15.6 Å². The molecule has 0 amide bonds. The summed E-state index contributed by atoms with van der Waals surface area (Å²) in [6, 6.07) is 0.550. The van der Waals surface area contributed by atoms with E-state index in [1.54, 1.807) is 0 Å². The Morgan fingerprint density at radius 2 is 2.22 bits per heavy atom. The minimum atomic E-state index is 0.156. The summed E-state index contributed by atoms with van der Waals surface area (Å²) < 4.78 is 5.66. The molecule has 4 heteroatoms. The molecule has 2 fully saturated rings. The van der Waals surface area contributed by atoms with Crippen molar-refractivity contribution >= 4 is 0 Å². The second-order valence-electron chi connectivity index (χ2n) is 5.99. The van der Waals surface area contributed by atoms with Gasteiger partial charge in [-0.2, -0.15) is 0 Å². The maximum absolute atomic E-state index is 9.19. The zero-order valence-electron chi connectivity index (χ0n) is 11.4. The van der Waals surface area contributed by atoms with Gasteiger partial charge in [0.15, 0.2) is 0 Å². The predicted molar refractivity (Wildman–Crippen MR) is 72.5 cm³/mol. The smallest absolute Gasteiger partial charge is 0.0546 e. The van der Waals surface area contributed by atoms with Crippen LogP contribution in [-0.2, 0) is 4.74 Å². The topological polar surface area (TPSA) is 58.7 Å². The normalized spacial score (nSPS) is 34.7. The Balaban J connectivity index is 1.95.